The van der Waals surface area contributed by atoms with Gasteiger partial charge in [-0.15, -0.1) is 0 Å². The van der Waals surface area contributed by atoms with Crippen LogP contribution in [0.15, 0.2) is 99.9 Å². The van der Waals surface area contributed by atoms with Gasteiger partial charge in [0.05, 0.1) is 42.8 Å². The van der Waals surface area contributed by atoms with Crippen molar-refractivity contribution in [2.45, 2.75) is 34.6 Å². The van der Waals surface area contributed by atoms with E-state index >= 15 is 0 Å². The van der Waals surface area contributed by atoms with Crippen LogP contribution in [0.2, 0.25) is 0 Å². The third-order valence-electron chi connectivity index (χ3n) is 5.98. The fourth-order valence-electron chi connectivity index (χ4n) is 3.85. The molecule has 0 atom stereocenters. The van der Waals surface area contributed by atoms with Crippen LogP contribution < -0.4 is 0 Å². The van der Waals surface area contributed by atoms with Crippen molar-refractivity contribution < 1.29 is 67.4 Å². The molecule has 4 rings (SSSR count). The predicted molar refractivity (Wildman–Crippen MR) is 210 cm³/mol. The number of benzene rings is 1. The zero-order chi connectivity index (χ0) is 44.6. The summed E-state index contributed by atoms with van der Waals surface area (Å²) in [5.41, 5.74) is 6.96. The van der Waals surface area contributed by atoms with E-state index in [1.807, 2.05) is 112 Å². The fraction of sp³-hybridized carbons (Fsp3) is 0.306. The number of nitriles is 1. The summed E-state index contributed by atoms with van der Waals surface area (Å²) in [6.45, 7) is 14.1. The number of pyridine rings is 3. The standard InChI is InChI=1S/C27H33N7.C7H8.C2H3N.2F6P.Fe/c1-22-7-4-10-25(31-22)19-28-13-16-34(17-14-29-20-26-11-5-8-23(2)32-26)18-15-30-21-27-12-6-9-24(3)33-27;1-7-5-3-2-4-6-7;1-2-3;2*1-7(2,3,4,5)6;/h4-12,19-21H,13-18H2,1-3H3;2-6H,1H3;1H3;;;/q;;;2*-1;+2. The Balaban J connectivity index is 0. The summed E-state index contributed by atoms with van der Waals surface area (Å²) in [4.78, 5) is 29.4. The molecule has 23 heteroatoms. The Morgan fingerprint density at radius 3 is 0.966 bits per heavy atom. The van der Waals surface area contributed by atoms with Gasteiger partial charge in [-0.2, -0.15) is 5.26 Å². The van der Waals surface area contributed by atoms with Gasteiger partial charge in [0.1, 0.15) is 0 Å². The Morgan fingerprint density at radius 1 is 0.508 bits per heavy atom. The molecule has 0 unspecified atom stereocenters. The second kappa shape index (κ2) is 23.5. The number of aliphatic imine (C=N–C) groups is 3. The number of hydrogen-bond donors (Lipinski definition) is 0. The van der Waals surface area contributed by atoms with Gasteiger partial charge in [0.25, 0.3) is 0 Å². The topological polar surface area (TPSA) is 103 Å². The third-order valence-corrected chi connectivity index (χ3v) is 5.98. The zero-order valence-corrected chi connectivity index (χ0v) is 35.3. The molecule has 0 saturated heterocycles. The van der Waals surface area contributed by atoms with Crippen LogP contribution in [0.5, 0.6) is 0 Å². The van der Waals surface area contributed by atoms with Gasteiger partial charge >= 0.3 is 83.0 Å². The molecule has 0 fully saturated rings. The van der Waals surface area contributed by atoms with Crippen molar-refractivity contribution in [1.29, 1.82) is 5.26 Å². The maximum Gasteiger partial charge on any atom is 2.00 e. The second-order valence-electron chi connectivity index (χ2n) is 11.9. The summed E-state index contributed by atoms with van der Waals surface area (Å²) in [7, 11) is -21.3. The summed E-state index contributed by atoms with van der Waals surface area (Å²) in [6, 6.07) is 29.9. The Kier molecular flexibility index (Phi) is 22.6. The quantitative estimate of drug-likeness (QED) is 0.0609. The van der Waals surface area contributed by atoms with E-state index in [0.29, 0.717) is 19.6 Å². The van der Waals surface area contributed by atoms with E-state index in [4.69, 9.17) is 5.26 Å². The fourth-order valence-corrected chi connectivity index (χ4v) is 3.85. The molecule has 0 amide bonds. The van der Waals surface area contributed by atoms with Crippen LogP contribution in [-0.4, -0.2) is 77.8 Å². The van der Waals surface area contributed by atoms with Crippen LogP contribution in [0.4, 0.5) is 50.4 Å². The van der Waals surface area contributed by atoms with Gasteiger partial charge in [-0.1, -0.05) is 54.1 Å². The Bertz CT molecular complexity index is 1770. The van der Waals surface area contributed by atoms with Crippen molar-refractivity contribution in [3.63, 3.8) is 0 Å². The second-order valence-corrected chi connectivity index (χ2v) is 15.7. The number of halogens is 12. The molecule has 0 radical (unpaired) electrons. The molecular formula is C36H44F12FeN8P2. The van der Waals surface area contributed by atoms with Gasteiger partial charge in [-0.3, -0.25) is 34.8 Å². The molecule has 0 aliphatic heterocycles. The molecule has 0 aliphatic rings. The van der Waals surface area contributed by atoms with E-state index in [-0.39, 0.29) is 17.1 Å². The maximum absolute atomic E-state index is 10.7. The van der Waals surface area contributed by atoms with Crippen LogP contribution >= 0.6 is 15.6 Å². The number of aryl methyl sites for hydroxylation is 4. The molecule has 0 saturated carbocycles. The summed E-state index contributed by atoms with van der Waals surface area (Å²) >= 11 is 0. The Hall–Kier alpha value is -4.33. The molecule has 0 spiro atoms. The molecule has 0 aliphatic carbocycles. The van der Waals surface area contributed by atoms with Gasteiger partial charge in [0, 0.05) is 62.3 Å². The monoisotopic (exact) mass is 934 g/mol. The molecule has 3 heterocycles. The molecule has 330 valence electrons. The van der Waals surface area contributed by atoms with Crippen molar-refractivity contribution in [3.05, 3.63) is 125 Å². The van der Waals surface area contributed by atoms with E-state index in [2.05, 4.69) is 53.9 Å². The first-order valence-electron chi connectivity index (χ1n) is 16.8. The largest absolute Gasteiger partial charge is 2.00 e. The first-order valence-corrected chi connectivity index (χ1v) is 20.8. The van der Waals surface area contributed by atoms with Gasteiger partial charge < -0.3 is 0 Å². The van der Waals surface area contributed by atoms with Crippen molar-refractivity contribution >= 4 is 34.3 Å². The minimum Gasteiger partial charge on any atom is 2.00 e. The minimum absolute atomic E-state index is 0. The van der Waals surface area contributed by atoms with Crippen molar-refractivity contribution in [3.8, 4) is 6.07 Å². The number of rotatable bonds is 12. The SMILES string of the molecule is CC#N.Cc1cccc(C=NCCN(CCN=Cc2cccc(C)n2)CCN=Cc2cccc(C)n2)n1.Cc1ccccc1.F[P-](F)(F)(F)(F)F.F[P-](F)(F)(F)(F)F.[Fe+2]. The smallest absolute Gasteiger partial charge is 2.00 e. The summed E-state index contributed by atoms with van der Waals surface area (Å²) < 4.78 is 118. The summed E-state index contributed by atoms with van der Waals surface area (Å²) in [5, 5.41) is 7.32. The van der Waals surface area contributed by atoms with E-state index in [1.54, 1.807) is 6.07 Å². The third kappa shape index (κ3) is 47.9. The van der Waals surface area contributed by atoms with Crippen LogP contribution in [0.3, 0.4) is 0 Å². The molecule has 1 aromatic carbocycles. The molecule has 8 nitrogen and oxygen atoms in total. The van der Waals surface area contributed by atoms with E-state index in [9.17, 15) is 50.4 Å². The summed E-state index contributed by atoms with van der Waals surface area (Å²) in [5.74, 6) is 0. The van der Waals surface area contributed by atoms with Gasteiger partial charge in [0.2, 0.25) is 0 Å². The Labute approximate surface area is 345 Å². The van der Waals surface area contributed by atoms with E-state index in [0.717, 1.165) is 53.8 Å². The molecular weight excluding hydrogens is 890 g/mol. The van der Waals surface area contributed by atoms with Crippen molar-refractivity contribution in [2.75, 3.05) is 39.3 Å². The number of hydrogen-bond acceptors (Lipinski definition) is 8. The average molecular weight is 935 g/mol. The van der Waals surface area contributed by atoms with Crippen LogP contribution in [0, 0.1) is 39.0 Å². The molecule has 0 bridgehead atoms. The first-order chi connectivity index (χ1) is 26.3. The zero-order valence-electron chi connectivity index (χ0n) is 32.4. The number of aromatic nitrogens is 3. The minimum atomic E-state index is -10.7. The van der Waals surface area contributed by atoms with Gasteiger partial charge in [-0.25, -0.2) is 0 Å². The molecule has 3 aromatic heterocycles. The normalized spacial score (nSPS) is 13.6. The van der Waals surface area contributed by atoms with Crippen molar-refractivity contribution in [2.24, 2.45) is 15.0 Å². The van der Waals surface area contributed by atoms with Gasteiger partial charge in [-0.05, 0) is 64.1 Å². The predicted octanol–water partition coefficient (Wildman–Crippen LogP) is 13.0. The van der Waals surface area contributed by atoms with Crippen LogP contribution in [0.1, 0.15) is 46.7 Å². The number of nitrogens with zero attached hydrogens (tertiary/aromatic N) is 8. The van der Waals surface area contributed by atoms with Crippen LogP contribution in [-0.2, 0) is 17.1 Å². The van der Waals surface area contributed by atoms with Crippen LogP contribution in [0.25, 0.3) is 0 Å². The van der Waals surface area contributed by atoms with E-state index in [1.165, 1.54) is 12.5 Å². The maximum atomic E-state index is 9.87. The average Bonchev–Trinajstić information content (AvgIpc) is 3.05. The van der Waals surface area contributed by atoms with E-state index < -0.39 is 15.6 Å². The van der Waals surface area contributed by atoms with Gasteiger partial charge in [0.15, 0.2) is 0 Å². The molecule has 59 heavy (non-hydrogen) atoms. The van der Waals surface area contributed by atoms with Crippen molar-refractivity contribution in [1.82, 2.24) is 19.9 Å². The molecule has 0 N–H and O–H groups in total. The Morgan fingerprint density at radius 2 is 0.763 bits per heavy atom. The molecule has 4 aromatic rings. The first kappa shape index (κ1) is 56.8. The summed E-state index contributed by atoms with van der Waals surface area (Å²) in [6.07, 6.45) is 5.52.